The molecule has 1 aromatic carbocycles. The molecule has 0 unspecified atom stereocenters. The van der Waals surface area contributed by atoms with Gasteiger partial charge < -0.3 is 15.4 Å². The van der Waals surface area contributed by atoms with E-state index in [0.29, 0.717) is 17.3 Å². The molecule has 0 bridgehead atoms. The molecule has 0 heterocycles. The van der Waals surface area contributed by atoms with Crippen molar-refractivity contribution in [1.82, 2.24) is 10.6 Å². The summed E-state index contributed by atoms with van der Waals surface area (Å²) in [4.78, 5) is 23.1. The van der Waals surface area contributed by atoms with Crippen LogP contribution in [-0.4, -0.2) is 31.0 Å². The van der Waals surface area contributed by atoms with Crippen LogP contribution in [0, 0.1) is 0 Å². The zero-order chi connectivity index (χ0) is 15.1. The van der Waals surface area contributed by atoms with Crippen molar-refractivity contribution in [3.8, 4) is 5.75 Å². The Morgan fingerprint density at radius 1 is 1.35 bits per heavy atom. The first-order valence-electron chi connectivity index (χ1n) is 6.09. The Morgan fingerprint density at radius 3 is 2.70 bits per heavy atom. The molecule has 20 heavy (non-hydrogen) atoms. The minimum absolute atomic E-state index is 0.246. The van der Waals surface area contributed by atoms with E-state index in [1.807, 2.05) is 0 Å². The number of halogens is 2. The fourth-order valence-corrected chi connectivity index (χ4v) is 1.76. The molecule has 2 N–H and O–H groups in total. The summed E-state index contributed by atoms with van der Waals surface area (Å²) in [5.74, 6) is -0.346. The van der Waals surface area contributed by atoms with Crippen molar-refractivity contribution >= 4 is 35.0 Å². The number of likely N-dealkylation sites (N-methyl/N-ethyl adjacent to an activating group) is 1. The lowest BCUT2D eigenvalue weighted by molar-refractivity contribution is -0.129. The second-order valence-electron chi connectivity index (χ2n) is 4.02. The molecule has 0 aliphatic carbocycles. The van der Waals surface area contributed by atoms with Crippen LogP contribution in [0.3, 0.4) is 0 Å². The number of amides is 2. The maximum atomic E-state index is 11.6. The van der Waals surface area contributed by atoms with Gasteiger partial charge in [0.05, 0.1) is 5.02 Å². The summed E-state index contributed by atoms with van der Waals surface area (Å²) in [6, 6.07) is 4.27. The van der Waals surface area contributed by atoms with Crippen molar-refractivity contribution in [2.45, 2.75) is 19.9 Å². The lowest BCUT2D eigenvalue weighted by atomic mass is 10.3. The highest BCUT2D eigenvalue weighted by Crippen LogP contribution is 2.31. The smallest absolute Gasteiger partial charge is 0.258 e. The number of hydrogen-bond donors (Lipinski definition) is 2. The number of ether oxygens (including phenoxy) is 1. The topological polar surface area (TPSA) is 67.4 Å². The minimum Gasteiger partial charge on any atom is -0.482 e. The predicted molar refractivity (Wildman–Crippen MR) is 78.2 cm³/mol. The minimum atomic E-state index is -0.624. The van der Waals surface area contributed by atoms with E-state index in [1.54, 1.807) is 32.0 Å². The second-order valence-corrected chi connectivity index (χ2v) is 4.81. The fourth-order valence-electron chi connectivity index (χ4n) is 1.41. The molecule has 1 atom stereocenters. The zero-order valence-corrected chi connectivity index (χ0v) is 12.7. The van der Waals surface area contributed by atoms with Crippen LogP contribution >= 0.6 is 23.2 Å². The number of nitrogens with one attached hydrogen (secondary N) is 2. The van der Waals surface area contributed by atoms with Crippen LogP contribution in [0.2, 0.25) is 10.0 Å². The standard InChI is InChI=1S/C13H16Cl2N2O3/c1-3-16-13(19)8(2)17-11(18)7-20-10-6-4-5-9(14)12(10)15/h4-6,8H,3,7H2,1-2H3,(H,16,19)(H,17,18)/t8-/m1/s1. The fraction of sp³-hybridized carbons (Fsp3) is 0.385. The van der Waals surface area contributed by atoms with Gasteiger partial charge in [0.2, 0.25) is 5.91 Å². The molecule has 110 valence electrons. The first kappa shape index (κ1) is 16.6. The van der Waals surface area contributed by atoms with E-state index in [9.17, 15) is 9.59 Å². The van der Waals surface area contributed by atoms with Gasteiger partial charge in [-0.05, 0) is 26.0 Å². The van der Waals surface area contributed by atoms with Gasteiger partial charge in [-0.15, -0.1) is 0 Å². The first-order chi connectivity index (χ1) is 9.45. The van der Waals surface area contributed by atoms with Crippen LogP contribution in [0.5, 0.6) is 5.75 Å². The lowest BCUT2D eigenvalue weighted by Crippen LogP contribution is -2.46. The van der Waals surface area contributed by atoms with Gasteiger partial charge in [0.15, 0.2) is 6.61 Å². The Hall–Kier alpha value is -1.46. The van der Waals surface area contributed by atoms with Crippen LogP contribution in [0.25, 0.3) is 0 Å². The zero-order valence-electron chi connectivity index (χ0n) is 11.2. The monoisotopic (exact) mass is 318 g/mol. The van der Waals surface area contributed by atoms with Gasteiger partial charge in [0, 0.05) is 6.54 Å². The molecule has 0 fully saturated rings. The third-order valence-electron chi connectivity index (χ3n) is 2.40. The Morgan fingerprint density at radius 2 is 2.05 bits per heavy atom. The Balaban J connectivity index is 2.47. The molecule has 5 nitrogen and oxygen atoms in total. The lowest BCUT2D eigenvalue weighted by Gasteiger charge is -2.14. The largest absolute Gasteiger partial charge is 0.482 e. The molecular weight excluding hydrogens is 303 g/mol. The maximum Gasteiger partial charge on any atom is 0.258 e. The highest BCUT2D eigenvalue weighted by molar-refractivity contribution is 6.42. The van der Waals surface area contributed by atoms with Crippen LogP contribution < -0.4 is 15.4 Å². The number of carbonyl (C=O) groups is 2. The average molecular weight is 319 g/mol. The maximum absolute atomic E-state index is 11.6. The molecular formula is C13H16Cl2N2O3. The van der Waals surface area contributed by atoms with Crippen LogP contribution in [0.4, 0.5) is 0 Å². The van der Waals surface area contributed by atoms with Crippen LogP contribution in [0.15, 0.2) is 18.2 Å². The molecule has 0 saturated carbocycles. The summed E-state index contributed by atoms with van der Waals surface area (Å²) in [5.41, 5.74) is 0. The van der Waals surface area contributed by atoms with Gasteiger partial charge in [-0.1, -0.05) is 29.3 Å². The summed E-state index contributed by atoms with van der Waals surface area (Å²) < 4.78 is 5.26. The highest BCUT2D eigenvalue weighted by Gasteiger charge is 2.15. The molecule has 1 aromatic rings. The van der Waals surface area contributed by atoms with E-state index in [4.69, 9.17) is 27.9 Å². The van der Waals surface area contributed by atoms with E-state index in [-0.39, 0.29) is 17.5 Å². The number of rotatable bonds is 6. The highest BCUT2D eigenvalue weighted by atomic mass is 35.5. The third kappa shape index (κ3) is 4.90. The molecule has 7 heteroatoms. The molecule has 0 aromatic heterocycles. The number of hydrogen-bond acceptors (Lipinski definition) is 3. The van der Waals surface area contributed by atoms with Crippen molar-refractivity contribution in [2.75, 3.05) is 13.2 Å². The van der Waals surface area contributed by atoms with Crippen molar-refractivity contribution < 1.29 is 14.3 Å². The van der Waals surface area contributed by atoms with Crippen LogP contribution in [0.1, 0.15) is 13.8 Å². The summed E-state index contributed by atoms with van der Waals surface area (Å²) in [6.45, 7) is 3.66. The van der Waals surface area contributed by atoms with Gasteiger partial charge in [0.25, 0.3) is 5.91 Å². The Bertz CT molecular complexity index is 495. The van der Waals surface area contributed by atoms with Crippen molar-refractivity contribution in [1.29, 1.82) is 0 Å². The van der Waals surface area contributed by atoms with E-state index in [2.05, 4.69) is 10.6 Å². The molecule has 0 aliphatic heterocycles. The van der Waals surface area contributed by atoms with Crippen molar-refractivity contribution in [3.05, 3.63) is 28.2 Å². The van der Waals surface area contributed by atoms with Crippen molar-refractivity contribution in [3.63, 3.8) is 0 Å². The van der Waals surface area contributed by atoms with Crippen LogP contribution in [-0.2, 0) is 9.59 Å². The van der Waals surface area contributed by atoms with E-state index in [0.717, 1.165) is 0 Å². The molecule has 0 aliphatic rings. The van der Waals surface area contributed by atoms with E-state index in [1.165, 1.54) is 0 Å². The molecule has 0 spiro atoms. The van der Waals surface area contributed by atoms with Gasteiger partial charge in [-0.2, -0.15) is 0 Å². The Labute approximate surface area is 127 Å². The van der Waals surface area contributed by atoms with E-state index >= 15 is 0 Å². The first-order valence-corrected chi connectivity index (χ1v) is 6.85. The van der Waals surface area contributed by atoms with E-state index < -0.39 is 11.9 Å². The third-order valence-corrected chi connectivity index (χ3v) is 3.20. The molecule has 0 saturated heterocycles. The predicted octanol–water partition coefficient (Wildman–Crippen LogP) is 2.01. The second kappa shape index (κ2) is 7.97. The average Bonchev–Trinajstić information content (AvgIpc) is 2.40. The number of carbonyl (C=O) groups excluding carboxylic acids is 2. The molecule has 1 rings (SSSR count). The number of benzene rings is 1. The summed E-state index contributed by atoms with van der Waals surface area (Å²) in [6.07, 6.45) is 0. The molecule has 0 radical (unpaired) electrons. The van der Waals surface area contributed by atoms with Gasteiger partial charge >= 0.3 is 0 Å². The van der Waals surface area contributed by atoms with Gasteiger partial charge in [-0.3, -0.25) is 9.59 Å². The summed E-state index contributed by atoms with van der Waals surface area (Å²) in [7, 11) is 0. The normalized spacial score (nSPS) is 11.6. The van der Waals surface area contributed by atoms with Gasteiger partial charge in [0.1, 0.15) is 16.8 Å². The summed E-state index contributed by atoms with van der Waals surface area (Å²) >= 11 is 11.7. The van der Waals surface area contributed by atoms with Crippen molar-refractivity contribution in [2.24, 2.45) is 0 Å². The quantitative estimate of drug-likeness (QED) is 0.843. The molecule has 2 amide bonds. The Kier molecular flexibility index (Phi) is 6.61. The van der Waals surface area contributed by atoms with Gasteiger partial charge in [-0.25, -0.2) is 0 Å². The SMILES string of the molecule is CCNC(=O)[C@@H](C)NC(=O)COc1cccc(Cl)c1Cl. The summed E-state index contributed by atoms with van der Waals surface area (Å²) in [5, 5.41) is 5.72.